The lowest BCUT2D eigenvalue weighted by molar-refractivity contribution is -0.384. The number of rotatable bonds is 8. The average Bonchev–Trinajstić information content (AvgIpc) is 2.38. The molecule has 1 aromatic rings. The van der Waals surface area contributed by atoms with Gasteiger partial charge < -0.3 is 9.84 Å². The summed E-state index contributed by atoms with van der Waals surface area (Å²) in [5, 5.41) is 19.3. The number of nitro groups is 1. The number of hydrogen-bond acceptors (Lipinski definition) is 5. The van der Waals surface area contributed by atoms with Crippen LogP contribution < -0.4 is 4.74 Å². The van der Waals surface area contributed by atoms with E-state index in [0.29, 0.717) is 18.8 Å². The van der Waals surface area contributed by atoms with Crippen molar-refractivity contribution in [3.63, 3.8) is 0 Å². The molecule has 6 nitrogen and oxygen atoms in total. The van der Waals surface area contributed by atoms with Crippen molar-refractivity contribution in [3.05, 3.63) is 33.9 Å². The maximum Gasteiger partial charge on any atom is 0.270 e. The van der Waals surface area contributed by atoms with Crippen LogP contribution in [0.5, 0.6) is 5.75 Å². The number of aliphatic hydroxyl groups excluding tert-OH is 1. The van der Waals surface area contributed by atoms with E-state index in [2.05, 4.69) is 0 Å². The number of non-ortho nitro benzene ring substituents is 1. The number of carbonyl (C=O) groups excluding carboxylic acids is 1. The van der Waals surface area contributed by atoms with Crippen LogP contribution in [-0.4, -0.2) is 29.0 Å². The minimum Gasteiger partial charge on any atom is -0.493 e. The van der Waals surface area contributed by atoms with Crippen LogP contribution in [0.4, 0.5) is 5.69 Å². The fourth-order valence-corrected chi connectivity index (χ4v) is 1.61. The second-order valence-electron chi connectivity index (χ2n) is 4.13. The molecule has 0 bridgehead atoms. The van der Waals surface area contributed by atoms with Crippen LogP contribution in [-0.2, 0) is 0 Å². The summed E-state index contributed by atoms with van der Waals surface area (Å²) in [4.78, 5) is 21.5. The quantitative estimate of drug-likeness (QED) is 0.338. The highest BCUT2D eigenvalue weighted by atomic mass is 16.6. The minimum atomic E-state index is -0.544. The SMILES string of the molecule is CC(=O)c1cc([N+](=O)[O-])ccc1OCCCCCO. The smallest absolute Gasteiger partial charge is 0.270 e. The van der Waals surface area contributed by atoms with Gasteiger partial charge in [0, 0.05) is 18.7 Å². The van der Waals surface area contributed by atoms with Crippen molar-refractivity contribution < 1.29 is 19.6 Å². The lowest BCUT2D eigenvalue weighted by Gasteiger charge is -2.09. The Morgan fingerprint density at radius 3 is 2.68 bits per heavy atom. The molecule has 0 spiro atoms. The van der Waals surface area contributed by atoms with E-state index in [1.165, 1.54) is 25.1 Å². The fraction of sp³-hybridized carbons (Fsp3) is 0.462. The van der Waals surface area contributed by atoms with Crippen molar-refractivity contribution in [1.82, 2.24) is 0 Å². The zero-order valence-corrected chi connectivity index (χ0v) is 10.8. The number of ether oxygens (including phenoxy) is 1. The first-order valence-electron chi connectivity index (χ1n) is 6.09. The molecule has 0 aliphatic rings. The molecule has 1 aromatic carbocycles. The molecule has 0 saturated carbocycles. The van der Waals surface area contributed by atoms with Crippen molar-refractivity contribution in [3.8, 4) is 5.75 Å². The first kappa shape index (κ1) is 15.1. The Morgan fingerprint density at radius 2 is 2.11 bits per heavy atom. The highest BCUT2D eigenvalue weighted by molar-refractivity contribution is 5.97. The Kier molecular flexibility index (Phi) is 5.95. The Hall–Kier alpha value is -1.95. The predicted octanol–water partition coefficient (Wildman–Crippen LogP) is 2.34. The molecule has 1 rings (SSSR count). The Bertz CT molecular complexity index is 458. The van der Waals surface area contributed by atoms with Gasteiger partial charge in [-0.1, -0.05) is 0 Å². The molecule has 0 aliphatic heterocycles. The zero-order chi connectivity index (χ0) is 14.3. The van der Waals surface area contributed by atoms with E-state index in [1.54, 1.807) is 0 Å². The molecule has 6 heteroatoms. The standard InChI is InChI=1S/C13H17NO5/c1-10(16)12-9-11(14(17)18)5-6-13(12)19-8-4-2-3-7-15/h5-6,9,15H,2-4,7-8H2,1H3. The van der Waals surface area contributed by atoms with Gasteiger partial charge in [-0.15, -0.1) is 0 Å². The molecule has 19 heavy (non-hydrogen) atoms. The van der Waals surface area contributed by atoms with E-state index in [-0.39, 0.29) is 23.6 Å². The number of nitro benzene ring substituents is 1. The number of Topliss-reactive ketones (excluding diaryl/α,β-unsaturated/α-hetero) is 1. The van der Waals surface area contributed by atoms with Gasteiger partial charge in [0.15, 0.2) is 5.78 Å². The second kappa shape index (κ2) is 7.48. The van der Waals surface area contributed by atoms with E-state index in [1.807, 2.05) is 0 Å². The Balaban J connectivity index is 2.71. The van der Waals surface area contributed by atoms with Gasteiger partial charge in [0.2, 0.25) is 0 Å². The van der Waals surface area contributed by atoms with Gasteiger partial charge in [0.1, 0.15) is 5.75 Å². The summed E-state index contributed by atoms with van der Waals surface area (Å²) in [7, 11) is 0. The number of hydrogen-bond donors (Lipinski definition) is 1. The maximum absolute atomic E-state index is 11.4. The van der Waals surface area contributed by atoms with Crippen molar-refractivity contribution >= 4 is 11.5 Å². The molecule has 0 radical (unpaired) electrons. The molecule has 0 fully saturated rings. The monoisotopic (exact) mass is 267 g/mol. The van der Waals surface area contributed by atoms with Crippen molar-refractivity contribution in [2.45, 2.75) is 26.2 Å². The van der Waals surface area contributed by atoms with Crippen molar-refractivity contribution in [1.29, 1.82) is 0 Å². The van der Waals surface area contributed by atoms with Crippen LogP contribution in [0.15, 0.2) is 18.2 Å². The highest BCUT2D eigenvalue weighted by Crippen LogP contribution is 2.24. The first-order valence-corrected chi connectivity index (χ1v) is 6.09. The third kappa shape index (κ3) is 4.67. The molecular formula is C13H17NO5. The molecule has 0 aromatic heterocycles. The average molecular weight is 267 g/mol. The molecular weight excluding hydrogens is 250 g/mol. The Morgan fingerprint density at radius 1 is 1.37 bits per heavy atom. The van der Waals surface area contributed by atoms with Crippen LogP contribution in [0.25, 0.3) is 0 Å². The molecule has 0 heterocycles. The topological polar surface area (TPSA) is 89.7 Å². The zero-order valence-electron chi connectivity index (χ0n) is 10.8. The fourth-order valence-electron chi connectivity index (χ4n) is 1.61. The number of aliphatic hydroxyl groups is 1. The van der Waals surface area contributed by atoms with Crippen LogP contribution in [0.3, 0.4) is 0 Å². The number of carbonyl (C=O) groups is 1. The van der Waals surface area contributed by atoms with E-state index in [9.17, 15) is 14.9 Å². The number of ketones is 1. The molecule has 0 saturated heterocycles. The summed E-state index contributed by atoms with van der Waals surface area (Å²) in [6.07, 6.45) is 2.30. The third-order valence-corrected chi connectivity index (χ3v) is 2.61. The Labute approximate surface area is 111 Å². The van der Waals surface area contributed by atoms with Crippen LogP contribution >= 0.6 is 0 Å². The highest BCUT2D eigenvalue weighted by Gasteiger charge is 2.14. The van der Waals surface area contributed by atoms with Crippen LogP contribution in [0.2, 0.25) is 0 Å². The van der Waals surface area contributed by atoms with E-state index < -0.39 is 4.92 Å². The van der Waals surface area contributed by atoms with Crippen LogP contribution in [0.1, 0.15) is 36.5 Å². The van der Waals surface area contributed by atoms with Crippen LogP contribution in [0, 0.1) is 10.1 Å². The van der Waals surface area contributed by atoms with E-state index >= 15 is 0 Å². The van der Waals surface area contributed by atoms with Gasteiger partial charge in [-0.2, -0.15) is 0 Å². The first-order chi connectivity index (χ1) is 9.06. The molecule has 0 unspecified atom stereocenters. The van der Waals surface area contributed by atoms with Gasteiger partial charge in [0.25, 0.3) is 5.69 Å². The molecule has 0 amide bonds. The normalized spacial score (nSPS) is 10.2. The molecule has 0 atom stereocenters. The summed E-state index contributed by atoms with van der Waals surface area (Å²) in [5.41, 5.74) is 0.0918. The number of unbranched alkanes of at least 4 members (excludes halogenated alkanes) is 2. The lowest BCUT2D eigenvalue weighted by Crippen LogP contribution is -2.04. The number of nitrogens with zero attached hydrogens (tertiary/aromatic N) is 1. The third-order valence-electron chi connectivity index (χ3n) is 2.61. The summed E-state index contributed by atoms with van der Waals surface area (Å²) in [6.45, 7) is 1.91. The molecule has 104 valence electrons. The minimum absolute atomic E-state index is 0.127. The van der Waals surface area contributed by atoms with Gasteiger partial charge >= 0.3 is 0 Å². The maximum atomic E-state index is 11.4. The summed E-state index contributed by atoms with van der Waals surface area (Å²) in [5.74, 6) is 0.0937. The second-order valence-corrected chi connectivity index (χ2v) is 4.13. The van der Waals surface area contributed by atoms with Gasteiger partial charge in [-0.3, -0.25) is 14.9 Å². The lowest BCUT2D eigenvalue weighted by atomic mass is 10.1. The van der Waals surface area contributed by atoms with Gasteiger partial charge in [-0.05, 0) is 32.3 Å². The largest absolute Gasteiger partial charge is 0.493 e. The molecule has 0 aliphatic carbocycles. The van der Waals surface area contributed by atoms with E-state index in [4.69, 9.17) is 9.84 Å². The summed E-state index contributed by atoms with van der Waals surface area (Å²) < 4.78 is 5.45. The summed E-state index contributed by atoms with van der Waals surface area (Å²) >= 11 is 0. The van der Waals surface area contributed by atoms with Gasteiger partial charge in [-0.25, -0.2) is 0 Å². The van der Waals surface area contributed by atoms with E-state index in [0.717, 1.165) is 12.8 Å². The number of benzene rings is 1. The summed E-state index contributed by atoms with van der Waals surface area (Å²) in [6, 6.07) is 3.99. The van der Waals surface area contributed by atoms with Crippen molar-refractivity contribution in [2.24, 2.45) is 0 Å². The van der Waals surface area contributed by atoms with Gasteiger partial charge in [0.05, 0.1) is 17.1 Å². The molecule has 1 N–H and O–H groups in total. The predicted molar refractivity (Wildman–Crippen MR) is 69.5 cm³/mol. The van der Waals surface area contributed by atoms with Crippen molar-refractivity contribution in [2.75, 3.05) is 13.2 Å².